The Morgan fingerprint density at radius 2 is 1.68 bits per heavy atom. The van der Waals surface area contributed by atoms with Gasteiger partial charge in [0.2, 0.25) is 0 Å². The van der Waals surface area contributed by atoms with E-state index in [1.165, 1.54) is 0 Å². The highest BCUT2D eigenvalue weighted by Crippen LogP contribution is 2.43. The van der Waals surface area contributed by atoms with Crippen molar-refractivity contribution in [2.45, 2.75) is 66.1 Å². The van der Waals surface area contributed by atoms with E-state index in [-0.39, 0.29) is 18.4 Å². The molecule has 0 unspecified atom stereocenters. The average Bonchev–Trinajstić information content (AvgIpc) is 2.69. The predicted molar refractivity (Wildman–Crippen MR) is 97.0 cm³/mol. The Bertz CT molecular complexity index is 630. The molecule has 0 aromatic heterocycles. The minimum Gasteiger partial charge on any atom is -0.508 e. The number of carbonyl (C=O) groups excluding carboxylic acids is 2. The fraction of sp³-hybridized carbons (Fsp3) is 0.600. The van der Waals surface area contributed by atoms with Crippen LogP contribution in [0.4, 0.5) is 0 Å². The van der Waals surface area contributed by atoms with Crippen LogP contribution < -0.4 is 0 Å². The Morgan fingerprint density at radius 1 is 1.16 bits per heavy atom. The molecule has 0 fully saturated rings. The molecule has 1 rings (SSSR count). The first kappa shape index (κ1) is 21.3. The summed E-state index contributed by atoms with van der Waals surface area (Å²) in [7, 11) is 0. The zero-order chi connectivity index (χ0) is 19.5. The van der Waals surface area contributed by atoms with Gasteiger partial charge >= 0.3 is 0 Å². The summed E-state index contributed by atoms with van der Waals surface area (Å²) in [5.74, 6) is -3.40. The number of hydrogen-bond acceptors (Lipinski definition) is 5. The van der Waals surface area contributed by atoms with Crippen molar-refractivity contribution in [3.05, 3.63) is 34.6 Å². The molecule has 0 spiro atoms. The van der Waals surface area contributed by atoms with E-state index in [2.05, 4.69) is 0 Å². The third kappa shape index (κ3) is 4.28. The summed E-state index contributed by atoms with van der Waals surface area (Å²) < 4.78 is 0. The summed E-state index contributed by atoms with van der Waals surface area (Å²) in [6.07, 6.45) is 2.31. The molecule has 0 aromatic rings. The molecule has 0 saturated heterocycles. The van der Waals surface area contributed by atoms with Gasteiger partial charge in [0.05, 0.1) is 12.0 Å². The van der Waals surface area contributed by atoms with Crippen LogP contribution in [0.3, 0.4) is 0 Å². The van der Waals surface area contributed by atoms with Crippen LogP contribution in [0.1, 0.15) is 54.4 Å². The zero-order valence-corrected chi connectivity index (χ0v) is 16.0. The average molecular weight is 350 g/mol. The highest BCUT2D eigenvalue weighted by atomic mass is 16.4. The summed E-state index contributed by atoms with van der Waals surface area (Å²) >= 11 is 0. The molecule has 140 valence electrons. The van der Waals surface area contributed by atoms with Gasteiger partial charge in [-0.25, -0.2) is 0 Å². The molecule has 0 saturated carbocycles. The molecule has 1 aliphatic rings. The molecular formula is C20H30O5. The Labute approximate surface area is 149 Å². The summed E-state index contributed by atoms with van der Waals surface area (Å²) in [4.78, 5) is 25.1. The number of ketones is 2. The number of aliphatic hydroxyl groups is 3. The van der Waals surface area contributed by atoms with Gasteiger partial charge in [-0.2, -0.15) is 0 Å². The lowest BCUT2D eigenvalue weighted by molar-refractivity contribution is -0.134. The maximum absolute atomic E-state index is 12.8. The van der Waals surface area contributed by atoms with E-state index in [4.69, 9.17) is 0 Å². The minimum atomic E-state index is -2.16. The first-order chi connectivity index (χ1) is 11.4. The SMILES string of the molecule is CC(C)=CC[C@@H](O)[C@@]1(O)C(O)=C(C(=O)C(C)C)C(=O)[C@@H]1CC=C(C)C. The summed E-state index contributed by atoms with van der Waals surface area (Å²) in [5, 5.41) is 32.2. The van der Waals surface area contributed by atoms with Gasteiger partial charge in [0, 0.05) is 5.92 Å². The summed E-state index contributed by atoms with van der Waals surface area (Å²) in [6, 6.07) is 0. The van der Waals surface area contributed by atoms with Gasteiger partial charge in [0.25, 0.3) is 0 Å². The van der Waals surface area contributed by atoms with Gasteiger partial charge in [-0.05, 0) is 40.5 Å². The lowest BCUT2D eigenvalue weighted by atomic mass is 9.80. The molecule has 0 aromatic carbocycles. The summed E-state index contributed by atoms with van der Waals surface area (Å²) in [5.41, 5.74) is -0.651. The van der Waals surface area contributed by atoms with E-state index in [0.29, 0.717) is 0 Å². The highest BCUT2D eigenvalue weighted by Gasteiger charge is 2.58. The molecule has 5 nitrogen and oxygen atoms in total. The zero-order valence-electron chi connectivity index (χ0n) is 16.0. The molecule has 0 bridgehead atoms. The van der Waals surface area contributed by atoms with E-state index < -0.39 is 40.9 Å². The molecule has 1 aliphatic carbocycles. The van der Waals surface area contributed by atoms with Crippen molar-refractivity contribution in [3.63, 3.8) is 0 Å². The van der Waals surface area contributed by atoms with Gasteiger partial charge in [-0.3, -0.25) is 9.59 Å². The number of carbonyl (C=O) groups is 2. The topological polar surface area (TPSA) is 94.8 Å². The molecule has 0 aliphatic heterocycles. The van der Waals surface area contributed by atoms with Crippen LogP contribution in [-0.4, -0.2) is 38.6 Å². The van der Waals surface area contributed by atoms with E-state index in [9.17, 15) is 24.9 Å². The third-order valence-corrected chi connectivity index (χ3v) is 4.50. The van der Waals surface area contributed by atoms with Gasteiger partial charge in [0.1, 0.15) is 11.3 Å². The Kier molecular flexibility index (Phi) is 6.91. The van der Waals surface area contributed by atoms with Crippen LogP contribution in [0.15, 0.2) is 34.6 Å². The maximum atomic E-state index is 12.8. The quantitative estimate of drug-likeness (QED) is 0.484. The fourth-order valence-corrected chi connectivity index (χ4v) is 2.94. The molecular weight excluding hydrogens is 320 g/mol. The lowest BCUT2D eigenvalue weighted by Gasteiger charge is -2.33. The monoisotopic (exact) mass is 350 g/mol. The predicted octanol–water partition coefficient (Wildman–Crippen LogP) is 3.03. The van der Waals surface area contributed by atoms with Crippen LogP contribution in [0.5, 0.6) is 0 Å². The van der Waals surface area contributed by atoms with Crippen molar-refractivity contribution >= 4 is 11.6 Å². The van der Waals surface area contributed by atoms with E-state index in [1.54, 1.807) is 26.0 Å². The second-order valence-corrected chi connectivity index (χ2v) is 7.53. The Balaban J connectivity index is 3.42. The molecule has 0 heterocycles. The second kappa shape index (κ2) is 8.11. The lowest BCUT2D eigenvalue weighted by Crippen LogP contribution is -2.49. The second-order valence-electron chi connectivity index (χ2n) is 7.53. The first-order valence-corrected chi connectivity index (χ1v) is 8.63. The number of hydrogen-bond donors (Lipinski definition) is 3. The van der Waals surface area contributed by atoms with Crippen molar-refractivity contribution < 1.29 is 24.9 Å². The molecule has 5 heteroatoms. The molecule has 3 atom stereocenters. The van der Waals surface area contributed by atoms with Gasteiger partial charge in [0.15, 0.2) is 17.2 Å². The van der Waals surface area contributed by atoms with Crippen LogP contribution in [-0.2, 0) is 9.59 Å². The van der Waals surface area contributed by atoms with Crippen molar-refractivity contribution in [3.8, 4) is 0 Å². The van der Waals surface area contributed by atoms with E-state index in [0.717, 1.165) is 11.1 Å². The molecule has 0 amide bonds. The highest BCUT2D eigenvalue weighted by molar-refractivity contribution is 6.24. The minimum absolute atomic E-state index is 0.0741. The van der Waals surface area contributed by atoms with Gasteiger partial charge in [-0.1, -0.05) is 37.1 Å². The van der Waals surface area contributed by atoms with Crippen LogP contribution in [0, 0.1) is 11.8 Å². The fourth-order valence-electron chi connectivity index (χ4n) is 2.94. The van der Waals surface area contributed by atoms with E-state index >= 15 is 0 Å². The number of aliphatic hydroxyl groups excluding tert-OH is 2. The van der Waals surface area contributed by atoms with Crippen molar-refractivity contribution in [2.24, 2.45) is 11.8 Å². The van der Waals surface area contributed by atoms with Crippen molar-refractivity contribution in [2.75, 3.05) is 0 Å². The molecule has 25 heavy (non-hydrogen) atoms. The smallest absolute Gasteiger partial charge is 0.176 e. The molecule has 3 N–H and O–H groups in total. The van der Waals surface area contributed by atoms with Crippen LogP contribution in [0.25, 0.3) is 0 Å². The molecule has 0 radical (unpaired) electrons. The van der Waals surface area contributed by atoms with Crippen molar-refractivity contribution in [1.82, 2.24) is 0 Å². The number of rotatable bonds is 7. The summed E-state index contributed by atoms with van der Waals surface area (Å²) in [6.45, 7) is 10.6. The standard InChI is InChI=1S/C20H30O5/c1-11(2)7-9-14-18(23)16(17(22)13(5)6)19(24)20(14,25)15(21)10-8-12(3)4/h7-8,13-15,21,24-25H,9-10H2,1-6H3/t14-,15+,20+/m0/s1. The van der Waals surface area contributed by atoms with E-state index in [1.807, 2.05) is 27.7 Å². The van der Waals surface area contributed by atoms with Crippen molar-refractivity contribution in [1.29, 1.82) is 0 Å². The Hall–Kier alpha value is -1.72. The Morgan fingerprint density at radius 3 is 2.12 bits per heavy atom. The van der Waals surface area contributed by atoms with Crippen LogP contribution >= 0.6 is 0 Å². The number of Topliss-reactive ketones (excluding diaryl/α,β-unsaturated/α-hetero) is 2. The normalized spacial score (nSPS) is 24.5. The van der Waals surface area contributed by atoms with Gasteiger partial charge in [-0.15, -0.1) is 0 Å². The number of allylic oxidation sites excluding steroid dienone is 4. The maximum Gasteiger partial charge on any atom is 0.176 e. The van der Waals surface area contributed by atoms with Gasteiger partial charge < -0.3 is 15.3 Å². The largest absolute Gasteiger partial charge is 0.508 e. The third-order valence-electron chi connectivity index (χ3n) is 4.50. The van der Waals surface area contributed by atoms with Crippen LogP contribution in [0.2, 0.25) is 0 Å². The first-order valence-electron chi connectivity index (χ1n) is 8.63.